The lowest BCUT2D eigenvalue weighted by Crippen LogP contribution is -2.41. The van der Waals surface area contributed by atoms with Gasteiger partial charge < -0.3 is 10.6 Å². The maximum Gasteiger partial charge on any atom is 0.233 e. The Balaban J connectivity index is 2.60. The summed E-state index contributed by atoms with van der Waals surface area (Å²) in [6.45, 7) is 7.24. The molecule has 1 rings (SSSR count). The molecule has 0 bridgehead atoms. The third kappa shape index (κ3) is 4.11. The monoisotopic (exact) mass is 252 g/mol. The van der Waals surface area contributed by atoms with E-state index >= 15 is 0 Å². The van der Waals surface area contributed by atoms with E-state index in [1.54, 1.807) is 18.2 Å². The summed E-state index contributed by atoms with van der Waals surface area (Å²) in [5.74, 6) is -0.301. The van der Waals surface area contributed by atoms with Crippen LogP contribution in [0.3, 0.4) is 0 Å². The molecular formula is C14H21FN2O. The zero-order valence-corrected chi connectivity index (χ0v) is 11.2. The Morgan fingerprint density at radius 2 is 2.00 bits per heavy atom. The number of hydrogen-bond acceptors (Lipinski definition) is 2. The van der Waals surface area contributed by atoms with Crippen LogP contribution in [-0.4, -0.2) is 25.5 Å². The lowest BCUT2D eigenvalue weighted by atomic mass is 9.84. The summed E-state index contributed by atoms with van der Waals surface area (Å²) in [7, 11) is 0. The van der Waals surface area contributed by atoms with Crippen molar-refractivity contribution >= 4 is 5.91 Å². The number of carbonyl (C=O) groups excluding carboxylic acids is 1. The molecule has 0 aliphatic rings. The van der Waals surface area contributed by atoms with Gasteiger partial charge in [0.2, 0.25) is 5.91 Å². The summed E-state index contributed by atoms with van der Waals surface area (Å²) >= 11 is 0. The lowest BCUT2D eigenvalue weighted by Gasteiger charge is -2.26. The summed E-state index contributed by atoms with van der Waals surface area (Å²) in [6, 6.07) is 6.67. The molecule has 2 N–H and O–H groups in total. The minimum atomic E-state index is -0.423. The Hall–Kier alpha value is -1.42. The van der Waals surface area contributed by atoms with Crippen molar-refractivity contribution in [2.75, 3.05) is 19.6 Å². The molecule has 0 aromatic heterocycles. The normalized spacial score (nSPS) is 11.3. The number of likely N-dealkylation sites (N-methyl/N-ethyl adjacent to an activating group) is 1. The second-order valence-corrected chi connectivity index (χ2v) is 4.92. The molecule has 100 valence electrons. The number of nitrogens with one attached hydrogen (secondary N) is 2. The summed E-state index contributed by atoms with van der Waals surface area (Å²) in [5.41, 5.74) is 0.196. The molecule has 0 aliphatic carbocycles. The lowest BCUT2D eigenvalue weighted by molar-refractivity contribution is -0.120. The highest BCUT2D eigenvalue weighted by Gasteiger charge is 2.24. The Morgan fingerprint density at radius 1 is 1.33 bits per heavy atom. The first-order chi connectivity index (χ1) is 8.47. The fraction of sp³-hybridized carbons (Fsp3) is 0.500. The molecule has 1 aromatic rings. The van der Waals surface area contributed by atoms with Crippen molar-refractivity contribution in [2.24, 2.45) is 0 Å². The molecule has 1 amide bonds. The maximum absolute atomic E-state index is 13.7. The van der Waals surface area contributed by atoms with Gasteiger partial charge in [-0.1, -0.05) is 39.0 Å². The van der Waals surface area contributed by atoms with Crippen LogP contribution in [0.2, 0.25) is 0 Å². The van der Waals surface area contributed by atoms with E-state index in [-0.39, 0.29) is 11.7 Å². The highest BCUT2D eigenvalue weighted by molar-refractivity contribution is 5.78. The Bertz CT molecular complexity index is 405. The number of carbonyl (C=O) groups is 1. The number of hydrogen-bond donors (Lipinski definition) is 2. The van der Waals surface area contributed by atoms with E-state index in [1.165, 1.54) is 6.07 Å². The SMILES string of the molecule is CCNCC(=O)NCC(C)(C)c1ccccc1F. The smallest absolute Gasteiger partial charge is 0.233 e. The molecule has 4 heteroatoms. The van der Waals surface area contributed by atoms with Crippen LogP contribution in [0.15, 0.2) is 24.3 Å². The van der Waals surface area contributed by atoms with Crippen LogP contribution in [0.4, 0.5) is 4.39 Å². The molecule has 0 spiro atoms. The van der Waals surface area contributed by atoms with Gasteiger partial charge in [0.05, 0.1) is 6.54 Å². The van der Waals surface area contributed by atoms with Gasteiger partial charge in [0, 0.05) is 12.0 Å². The average Bonchev–Trinajstić information content (AvgIpc) is 2.34. The quantitative estimate of drug-likeness (QED) is 0.811. The van der Waals surface area contributed by atoms with Crippen molar-refractivity contribution in [2.45, 2.75) is 26.2 Å². The highest BCUT2D eigenvalue weighted by atomic mass is 19.1. The Morgan fingerprint density at radius 3 is 2.61 bits per heavy atom. The van der Waals surface area contributed by atoms with Crippen molar-refractivity contribution in [3.63, 3.8) is 0 Å². The number of amides is 1. The van der Waals surface area contributed by atoms with Crippen LogP contribution >= 0.6 is 0 Å². The van der Waals surface area contributed by atoms with Gasteiger partial charge in [-0.3, -0.25) is 4.79 Å². The third-order valence-corrected chi connectivity index (χ3v) is 2.87. The van der Waals surface area contributed by atoms with Gasteiger partial charge in [-0.05, 0) is 18.2 Å². The number of benzene rings is 1. The molecule has 0 saturated carbocycles. The van der Waals surface area contributed by atoms with E-state index in [0.717, 1.165) is 6.54 Å². The minimum absolute atomic E-state index is 0.0683. The minimum Gasteiger partial charge on any atom is -0.354 e. The van der Waals surface area contributed by atoms with Gasteiger partial charge in [0.1, 0.15) is 5.82 Å². The first-order valence-electron chi connectivity index (χ1n) is 6.20. The average molecular weight is 252 g/mol. The Labute approximate surface area is 108 Å². The first kappa shape index (κ1) is 14.6. The van der Waals surface area contributed by atoms with Gasteiger partial charge >= 0.3 is 0 Å². The van der Waals surface area contributed by atoms with Crippen molar-refractivity contribution in [3.8, 4) is 0 Å². The number of rotatable bonds is 6. The van der Waals surface area contributed by atoms with E-state index in [1.807, 2.05) is 20.8 Å². The summed E-state index contributed by atoms with van der Waals surface area (Å²) in [4.78, 5) is 11.5. The molecule has 0 unspecified atom stereocenters. The summed E-state index contributed by atoms with van der Waals surface area (Å²) in [6.07, 6.45) is 0. The van der Waals surface area contributed by atoms with Crippen LogP contribution < -0.4 is 10.6 Å². The van der Waals surface area contributed by atoms with Crippen LogP contribution in [0, 0.1) is 5.82 Å². The van der Waals surface area contributed by atoms with Crippen molar-refractivity contribution in [3.05, 3.63) is 35.6 Å². The standard InChI is InChI=1S/C14H21FN2O/c1-4-16-9-13(18)17-10-14(2,3)11-7-5-6-8-12(11)15/h5-8,16H,4,9-10H2,1-3H3,(H,17,18). The molecule has 0 atom stereocenters. The molecule has 0 fully saturated rings. The molecule has 0 saturated heterocycles. The maximum atomic E-state index is 13.7. The van der Waals surface area contributed by atoms with Crippen LogP contribution in [-0.2, 0) is 10.2 Å². The molecular weight excluding hydrogens is 231 g/mol. The van der Waals surface area contributed by atoms with Gasteiger partial charge in [-0.25, -0.2) is 4.39 Å². The Kier molecular flexibility index (Phi) is 5.28. The molecule has 0 aliphatic heterocycles. The predicted molar refractivity (Wildman–Crippen MR) is 71.0 cm³/mol. The fourth-order valence-corrected chi connectivity index (χ4v) is 1.73. The van der Waals surface area contributed by atoms with Crippen molar-refractivity contribution in [1.29, 1.82) is 0 Å². The van der Waals surface area contributed by atoms with Crippen molar-refractivity contribution in [1.82, 2.24) is 10.6 Å². The summed E-state index contributed by atoms with van der Waals surface area (Å²) < 4.78 is 13.7. The second-order valence-electron chi connectivity index (χ2n) is 4.92. The summed E-state index contributed by atoms with van der Waals surface area (Å²) in [5, 5.41) is 5.76. The van der Waals surface area contributed by atoms with Crippen LogP contribution in [0.5, 0.6) is 0 Å². The van der Waals surface area contributed by atoms with Crippen molar-refractivity contribution < 1.29 is 9.18 Å². The predicted octanol–water partition coefficient (Wildman–Crippen LogP) is 1.83. The van der Waals surface area contributed by atoms with Gasteiger partial charge in [-0.2, -0.15) is 0 Å². The van der Waals surface area contributed by atoms with E-state index in [2.05, 4.69) is 10.6 Å². The second kappa shape index (κ2) is 6.50. The van der Waals surface area contributed by atoms with E-state index in [9.17, 15) is 9.18 Å². The molecule has 1 aromatic carbocycles. The van der Waals surface area contributed by atoms with Crippen LogP contribution in [0.25, 0.3) is 0 Å². The zero-order chi connectivity index (χ0) is 13.6. The van der Waals surface area contributed by atoms with Gasteiger partial charge in [0.15, 0.2) is 0 Å². The van der Waals surface area contributed by atoms with Gasteiger partial charge in [-0.15, -0.1) is 0 Å². The number of halogens is 1. The van der Waals surface area contributed by atoms with Gasteiger partial charge in [0.25, 0.3) is 0 Å². The fourth-order valence-electron chi connectivity index (χ4n) is 1.73. The van der Waals surface area contributed by atoms with Crippen LogP contribution in [0.1, 0.15) is 26.3 Å². The van der Waals surface area contributed by atoms with E-state index < -0.39 is 5.41 Å². The molecule has 0 radical (unpaired) electrons. The van der Waals surface area contributed by atoms with E-state index in [4.69, 9.17) is 0 Å². The molecule has 18 heavy (non-hydrogen) atoms. The highest BCUT2D eigenvalue weighted by Crippen LogP contribution is 2.24. The largest absolute Gasteiger partial charge is 0.354 e. The zero-order valence-electron chi connectivity index (χ0n) is 11.2. The molecule has 0 heterocycles. The molecule has 3 nitrogen and oxygen atoms in total. The third-order valence-electron chi connectivity index (χ3n) is 2.87. The van der Waals surface area contributed by atoms with E-state index in [0.29, 0.717) is 18.7 Å². The topological polar surface area (TPSA) is 41.1 Å². The first-order valence-corrected chi connectivity index (χ1v) is 6.20.